The Kier molecular flexibility index (Phi) is 5.75. The van der Waals surface area contributed by atoms with Gasteiger partial charge in [-0.2, -0.15) is 5.26 Å². The zero-order chi connectivity index (χ0) is 11.2. The van der Waals surface area contributed by atoms with Gasteiger partial charge in [-0.1, -0.05) is 32.6 Å². The number of nitrogens with one attached hydrogen (secondary N) is 1. The normalized spacial score (nSPS) is 18.0. The molecule has 0 heterocycles. The van der Waals surface area contributed by atoms with Gasteiger partial charge in [-0.25, -0.2) is 4.76 Å². The highest BCUT2D eigenvalue weighted by Crippen LogP contribution is 2.53. The maximum absolute atomic E-state index is 8.36. The molecule has 0 fully saturated rings. The van der Waals surface area contributed by atoms with Gasteiger partial charge in [0.25, 0.3) is 0 Å². The summed E-state index contributed by atoms with van der Waals surface area (Å²) in [5.74, 6) is 0.151. The Morgan fingerprint density at radius 3 is 2.64 bits per heavy atom. The van der Waals surface area contributed by atoms with Crippen LogP contribution in [0.25, 0.3) is 0 Å². The van der Waals surface area contributed by atoms with Crippen LogP contribution in [0.1, 0.15) is 27.2 Å². The molecule has 0 radical (unpaired) electrons. The van der Waals surface area contributed by atoms with Crippen molar-refractivity contribution in [3.05, 3.63) is 0 Å². The molecule has 3 N–H and O–H groups in total. The lowest BCUT2D eigenvalue weighted by atomic mass is 10.4. The topological polar surface area (TPSA) is 74.2 Å². The quantitative estimate of drug-likeness (QED) is 0.254. The molecule has 6 heteroatoms. The van der Waals surface area contributed by atoms with Crippen molar-refractivity contribution in [3.63, 3.8) is 0 Å². The lowest BCUT2D eigenvalue weighted by Gasteiger charge is -2.22. The second-order valence-corrected chi connectivity index (χ2v) is 8.17. The fraction of sp³-hybridized carbons (Fsp3) is 0.750. The standard InChI is InChI=1S/C8H17N4PS/c1-4-7(3)13(14,5-2)12-8(10)11-6-9/h7H,4-5H2,1-3H3,(H3,10,11,12,14). The van der Waals surface area contributed by atoms with E-state index in [2.05, 4.69) is 23.9 Å². The molecule has 0 aliphatic rings. The minimum absolute atomic E-state index is 0.151. The zero-order valence-corrected chi connectivity index (χ0v) is 10.5. The molecule has 0 rings (SSSR count). The summed E-state index contributed by atoms with van der Waals surface area (Å²) in [5.41, 5.74) is 5.89. The average Bonchev–Trinajstić information content (AvgIpc) is 2.16. The van der Waals surface area contributed by atoms with Gasteiger partial charge in [0, 0.05) is 5.66 Å². The number of hydrogen-bond acceptors (Lipinski definition) is 2. The molecule has 0 saturated carbocycles. The second-order valence-electron chi connectivity index (χ2n) is 3.05. The zero-order valence-electron chi connectivity index (χ0n) is 8.82. The molecule has 2 atom stereocenters. The minimum atomic E-state index is -1.79. The number of nitrogens with two attached hydrogens (primary N) is 1. The first-order chi connectivity index (χ1) is 6.50. The summed E-state index contributed by atoms with van der Waals surface area (Å²) in [6, 6.07) is 0. The van der Waals surface area contributed by atoms with Gasteiger partial charge in [-0.15, -0.1) is 0 Å². The van der Waals surface area contributed by atoms with Gasteiger partial charge in [0.1, 0.15) is 0 Å². The third kappa shape index (κ3) is 3.65. The van der Waals surface area contributed by atoms with E-state index >= 15 is 0 Å². The maximum Gasteiger partial charge on any atom is 0.206 e. The van der Waals surface area contributed by atoms with Crippen molar-refractivity contribution in [2.75, 3.05) is 6.16 Å². The Morgan fingerprint density at radius 2 is 2.29 bits per heavy atom. The summed E-state index contributed by atoms with van der Waals surface area (Å²) < 4.78 is 4.27. The molecule has 0 aliphatic carbocycles. The molecule has 0 aromatic carbocycles. The molecule has 0 aromatic heterocycles. The van der Waals surface area contributed by atoms with E-state index in [1.165, 1.54) is 0 Å². The predicted octanol–water partition coefficient (Wildman–Crippen LogP) is 1.58. The minimum Gasteiger partial charge on any atom is -0.369 e. The van der Waals surface area contributed by atoms with E-state index in [-0.39, 0.29) is 5.96 Å². The van der Waals surface area contributed by atoms with Gasteiger partial charge in [0.2, 0.25) is 5.96 Å². The van der Waals surface area contributed by atoms with Gasteiger partial charge < -0.3 is 5.73 Å². The summed E-state index contributed by atoms with van der Waals surface area (Å²) in [5, 5.41) is 10.7. The van der Waals surface area contributed by atoms with E-state index in [0.717, 1.165) is 12.6 Å². The lowest BCUT2D eigenvalue weighted by molar-refractivity contribution is 0.886. The van der Waals surface area contributed by atoms with Crippen molar-refractivity contribution >= 4 is 24.0 Å². The van der Waals surface area contributed by atoms with Crippen molar-refractivity contribution in [2.24, 2.45) is 10.5 Å². The van der Waals surface area contributed by atoms with Crippen LogP contribution in [0.4, 0.5) is 0 Å². The van der Waals surface area contributed by atoms with Crippen molar-refractivity contribution in [3.8, 4) is 6.19 Å². The summed E-state index contributed by atoms with van der Waals surface area (Å²) in [4.78, 5) is 0. The Labute approximate surface area is 90.6 Å². The molecule has 80 valence electrons. The molecule has 0 aromatic rings. The van der Waals surface area contributed by atoms with Crippen LogP contribution >= 0.6 is 6.19 Å². The third-order valence-corrected chi connectivity index (χ3v) is 7.50. The SMILES string of the molecule is CCC(C)P(=S)(CC)N=C(N)NC#N. The van der Waals surface area contributed by atoms with Crippen molar-refractivity contribution in [1.82, 2.24) is 5.32 Å². The van der Waals surface area contributed by atoms with Crippen LogP contribution in [-0.4, -0.2) is 17.8 Å². The summed E-state index contributed by atoms with van der Waals surface area (Å²) in [6.07, 6.45) is 1.78. The fourth-order valence-corrected chi connectivity index (χ4v) is 3.69. The summed E-state index contributed by atoms with van der Waals surface area (Å²) in [7, 11) is 0. The Hall–Kier alpha value is -0.590. The average molecular weight is 232 g/mol. The van der Waals surface area contributed by atoms with Gasteiger partial charge in [0.15, 0.2) is 6.19 Å². The van der Waals surface area contributed by atoms with E-state index < -0.39 is 6.19 Å². The smallest absolute Gasteiger partial charge is 0.206 e. The van der Waals surface area contributed by atoms with Crippen LogP contribution in [0.5, 0.6) is 0 Å². The largest absolute Gasteiger partial charge is 0.369 e. The predicted molar refractivity (Wildman–Crippen MR) is 65.0 cm³/mol. The Bertz CT molecular complexity index is 294. The molecule has 0 spiro atoms. The van der Waals surface area contributed by atoms with E-state index in [1.54, 1.807) is 6.19 Å². The molecular formula is C8H17N4PS. The van der Waals surface area contributed by atoms with Crippen LogP contribution in [0.15, 0.2) is 4.76 Å². The maximum atomic E-state index is 8.36. The van der Waals surface area contributed by atoms with E-state index in [9.17, 15) is 0 Å². The van der Waals surface area contributed by atoms with Gasteiger partial charge in [0.05, 0.1) is 6.19 Å². The number of guanidine groups is 1. The van der Waals surface area contributed by atoms with Crippen LogP contribution in [0.2, 0.25) is 0 Å². The highest BCUT2D eigenvalue weighted by Gasteiger charge is 2.20. The molecule has 4 nitrogen and oxygen atoms in total. The van der Waals surface area contributed by atoms with E-state index in [0.29, 0.717) is 5.66 Å². The molecular weight excluding hydrogens is 215 g/mol. The van der Waals surface area contributed by atoms with E-state index in [1.807, 2.05) is 6.92 Å². The molecule has 2 unspecified atom stereocenters. The summed E-state index contributed by atoms with van der Waals surface area (Å²) in [6.45, 7) is 6.20. The lowest BCUT2D eigenvalue weighted by Crippen LogP contribution is -2.27. The first-order valence-corrected chi connectivity index (χ1v) is 7.60. The van der Waals surface area contributed by atoms with Crippen LogP contribution in [0, 0.1) is 11.5 Å². The monoisotopic (exact) mass is 232 g/mol. The van der Waals surface area contributed by atoms with Gasteiger partial charge in [-0.3, -0.25) is 5.32 Å². The molecule has 14 heavy (non-hydrogen) atoms. The number of hydrogen-bond donors (Lipinski definition) is 2. The Morgan fingerprint density at radius 1 is 1.71 bits per heavy atom. The Balaban J connectivity index is 4.81. The molecule has 0 saturated heterocycles. The molecule has 0 aliphatic heterocycles. The molecule has 0 amide bonds. The van der Waals surface area contributed by atoms with E-state index in [4.69, 9.17) is 22.8 Å². The van der Waals surface area contributed by atoms with Crippen molar-refractivity contribution in [2.45, 2.75) is 32.9 Å². The van der Waals surface area contributed by atoms with Gasteiger partial charge in [-0.05, 0) is 12.6 Å². The first-order valence-electron chi connectivity index (χ1n) is 4.59. The number of nitriles is 1. The first kappa shape index (κ1) is 13.4. The molecule has 0 bridgehead atoms. The third-order valence-electron chi connectivity index (χ3n) is 2.19. The van der Waals surface area contributed by atoms with Crippen LogP contribution in [0.3, 0.4) is 0 Å². The van der Waals surface area contributed by atoms with Crippen molar-refractivity contribution in [1.29, 1.82) is 5.26 Å². The van der Waals surface area contributed by atoms with Crippen LogP contribution < -0.4 is 11.1 Å². The summed E-state index contributed by atoms with van der Waals surface area (Å²) >= 11 is 5.51. The van der Waals surface area contributed by atoms with Crippen LogP contribution in [-0.2, 0) is 11.8 Å². The number of nitrogens with zero attached hydrogens (tertiary/aromatic N) is 2. The highest BCUT2D eigenvalue weighted by atomic mass is 32.4. The number of rotatable bonds is 4. The van der Waals surface area contributed by atoms with Crippen molar-refractivity contribution < 1.29 is 0 Å². The highest BCUT2D eigenvalue weighted by molar-refractivity contribution is 8.14. The van der Waals surface area contributed by atoms with Gasteiger partial charge >= 0.3 is 0 Å². The fourth-order valence-electron chi connectivity index (χ4n) is 1.03. The second kappa shape index (κ2) is 6.00.